The molecular weight excluding hydrogens is 314 g/mol. The van der Waals surface area contributed by atoms with Crippen molar-refractivity contribution >= 4 is 17.7 Å². The monoisotopic (exact) mass is 341 g/mol. The van der Waals surface area contributed by atoms with Crippen molar-refractivity contribution in [2.75, 3.05) is 25.1 Å². The van der Waals surface area contributed by atoms with E-state index in [-0.39, 0.29) is 24.1 Å². The van der Waals surface area contributed by atoms with E-state index in [1.807, 2.05) is 42.3 Å². The molecule has 134 valence electrons. The molecule has 0 radical (unpaired) electrons. The van der Waals surface area contributed by atoms with Crippen molar-refractivity contribution < 1.29 is 9.90 Å². The Hall–Kier alpha value is -2.32. The number of carbonyl (C=O) groups is 1. The molecule has 0 aliphatic heterocycles. The number of nitriles is 1. The number of likely N-dealkylation sites (N-methyl/N-ethyl adjacent to an activating group) is 1. The Kier molecular flexibility index (Phi) is 7.03. The van der Waals surface area contributed by atoms with Gasteiger partial charge in [0, 0.05) is 25.3 Å². The van der Waals surface area contributed by atoms with Gasteiger partial charge in [0.1, 0.15) is 11.6 Å². The molecule has 0 bridgehead atoms. The molecule has 2 N–H and O–H groups in total. The molecule has 1 aromatic rings. The van der Waals surface area contributed by atoms with Crippen molar-refractivity contribution in [3.05, 3.63) is 35.4 Å². The number of hydrogen-bond donors (Lipinski definition) is 2. The second kappa shape index (κ2) is 9.24. The largest absolute Gasteiger partial charge is 0.395 e. The molecule has 1 aliphatic rings. The molecule has 0 saturated heterocycles. The molecule has 5 heteroatoms. The first kappa shape index (κ1) is 19.0. The normalized spacial score (nSPS) is 20.6. The highest BCUT2D eigenvalue weighted by Gasteiger charge is 2.24. The summed E-state index contributed by atoms with van der Waals surface area (Å²) in [5.41, 5.74) is 1.92. The standard InChI is InChI=1S/C20H27N3O2/c1-15-5-3-4-6-19(15)22-20(25)17(14-21)13-16-7-9-18(10-8-16)23(2)11-12-24/h7-10,13,15,19,24H,3-6,11-12H2,1-2H3,(H,22,25)/b17-13+/t15-,19-/m0/s1. The number of carbonyl (C=O) groups excluding carboxylic acids is 1. The zero-order valence-electron chi connectivity index (χ0n) is 15.0. The van der Waals surface area contributed by atoms with Crippen LogP contribution in [0.3, 0.4) is 0 Å². The highest BCUT2D eigenvalue weighted by atomic mass is 16.3. The summed E-state index contributed by atoms with van der Waals surface area (Å²) in [6, 6.07) is 9.75. The second-order valence-corrected chi connectivity index (χ2v) is 6.75. The van der Waals surface area contributed by atoms with Gasteiger partial charge in [-0.1, -0.05) is 31.9 Å². The van der Waals surface area contributed by atoms with Gasteiger partial charge in [-0.3, -0.25) is 4.79 Å². The molecule has 1 aromatic carbocycles. The van der Waals surface area contributed by atoms with Gasteiger partial charge < -0.3 is 15.3 Å². The molecule has 1 amide bonds. The van der Waals surface area contributed by atoms with E-state index in [4.69, 9.17) is 5.11 Å². The number of rotatable bonds is 6. The van der Waals surface area contributed by atoms with E-state index in [1.165, 1.54) is 6.42 Å². The molecule has 1 fully saturated rings. The summed E-state index contributed by atoms with van der Waals surface area (Å²) in [6.07, 6.45) is 6.07. The molecule has 0 aromatic heterocycles. The van der Waals surface area contributed by atoms with E-state index in [0.29, 0.717) is 12.5 Å². The predicted octanol–water partition coefficient (Wildman–Crippen LogP) is 2.72. The Morgan fingerprint density at radius 1 is 1.36 bits per heavy atom. The van der Waals surface area contributed by atoms with E-state index in [2.05, 4.69) is 12.2 Å². The number of anilines is 1. The molecule has 5 nitrogen and oxygen atoms in total. The lowest BCUT2D eigenvalue weighted by Gasteiger charge is -2.29. The van der Waals surface area contributed by atoms with Gasteiger partial charge in [0.05, 0.1) is 6.61 Å². The minimum atomic E-state index is -0.289. The van der Waals surface area contributed by atoms with E-state index in [0.717, 1.165) is 30.5 Å². The first-order chi connectivity index (χ1) is 12.0. The van der Waals surface area contributed by atoms with Gasteiger partial charge in [0.25, 0.3) is 5.91 Å². The minimum Gasteiger partial charge on any atom is -0.395 e. The Morgan fingerprint density at radius 3 is 2.64 bits per heavy atom. The topological polar surface area (TPSA) is 76.4 Å². The fourth-order valence-electron chi connectivity index (χ4n) is 3.20. The summed E-state index contributed by atoms with van der Waals surface area (Å²) < 4.78 is 0. The van der Waals surface area contributed by atoms with Crippen LogP contribution in [-0.2, 0) is 4.79 Å². The fraction of sp³-hybridized carbons (Fsp3) is 0.500. The van der Waals surface area contributed by atoms with Crippen molar-refractivity contribution in [1.29, 1.82) is 5.26 Å². The van der Waals surface area contributed by atoms with Crippen molar-refractivity contribution in [3.63, 3.8) is 0 Å². The number of amides is 1. The van der Waals surface area contributed by atoms with Gasteiger partial charge in [0.15, 0.2) is 0 Å². The van der Waals surface area contributed by atoms with Gasteiger partial charge >= 0.3 is 0 Å². The zero-order chi connectivity index (χ0) is 18.2. The maximum atomic E-state index is 12.4. The summed E-state index contributed by atoms with van der Waals surface area (Å²) in [5.74, 6) is 0.168. The van der Waals surface area contributed by atoms with Gasteiger partial charge in [-0.15, -0.1) is 0 Å². The number of nitrogens with one attached hydrogen (secondary N) is 1. The van der Waals surface area contributed by atoms with Crippen molar-refractivity contribution in [2.45, 2.75) is 38.6 Å². The molecule has 2 atom stereocenters. The quantitative estimate of drug-likeness (QED) is 0.616. The zero-order valence-corrected chi connectivity index (χ0v) is 15.0. The lowest BCUT2D eigenvalue weighted by Crippen LogP contribution is -2.41. The Labute approximate surface area is 150 Å². The van der Waals surface area contributed by atoms with Crippen molar-refractivity contribution in [1.82, 2.24) is 5.32 Å². The lowest BCUT2D eigenvalue weighted by atomic mass is 9.86. The third-order valence-electron chi connectivity index (χ3n) is 4.87. The number of benzene rings is 1. The van der Waals surface area contributed by atoms with Gasteiger partial charge in [-0.05, 0) is 42.5 Å². The van der Waals surface area contributed by atoms with Crippen LogP contribution in [0.2, 0.25) is 0 Å². The first-order valence-corrected chi connectivity index (χ1v) is 8.90. The van der Waals surface area contributed by atoms with Crippen LogP contribution >= 0.6 is 0 Å². The van der Waals surface area contributed by atoms with Gasteiger partial charge in [-0.2, -0.15) is 5.26 Å². The van der Waals surface area contributed by atoms with Crippen LogP contribution in [-0.4, -0.2) is 37.3 Å². The average Bonchev–Trinajstić information content (AvgIpc) is 2.62. The molecule has 1 saturated carbocycles. The smallest absolute Gasteiger partial charge is 0.262 e. The lowest BCUT2D eigenvalue weighted by molar-refractivity contribution is -0.118. The number of hydrogen-bond acceptors (Lipinski definition) is 4. The maximum Gasteiger partial charge on any atom is 0.262 e. The second-order valence-electron chi connectivity index (χ2n) is 6.75. The number of aliphatic hydroxyl groups excluding tert-OH is 1. The third-order valence-corrected chi connectivity index (χ3v) is 4.87. The van der Waals surface area contributed by atoms with Gasteiger partial charge in [0.2, 0.25) is 0 Å². The van der Waals surface area contributed by atoms with Crippen molar-refractivity contribution in [2.24, 2.45) is 5.92 Å². The summed E-state index contributed by atoms with van der Waals surface area (Å²) in [4.78, 5) is 14.4. The minimum absolute atomic E-state index is 0.0937. The summed E-state index contributed by atoms with van der Waals surface area (Å²) in [5, 5.41) is 21.4. The predicted molar refractivity (Wildman–Crippen MR) is 100.0 cm³/mol. The van der Waals surface area contributed by atoms with Crippen LogP contribution in [0.25, 0.3) is 6.08 Å². The van der Waals surface area contributed by atoms with Crippen LogP contribution in [0.4, 0.5) is 5.69 Å². The molecule has 0 unspecified atom stereocenters. The molecule has 2 rings (SSSR count). The Morgan fingerprint density at radius 2 is 2.04 bits per heavy atom. The van der Waals surface area contributed by atoms with Crippen LogP contribution in [0, 0.1) is 17.2 Å². The molecule has 1 aliphatic carbocycles. The highest BCUT2D eigenvalue weighted by Crippen LogP contribution is 2.24. The summed E-state index contributed by atoms with van der Waals surface area (Å²) >= 11 is 0. The Bertz CT molecular complexity index is 646. The van der Waals surface area contributed by atoms with Crippen LogP contribution in [0.5, 0.6) is 0 Å². The first-order valence-electron chi connectivity index (χ1n) is 8.90. The molecular formula is C20H27N3O2. The van der Waals surface area contributed by atoms with Crippen LogP contribution < -0.4 is 10.2 Å². The van der Waals surface area contributed by atoms with E-state index >= 15 is 0 Å². The summed E-state index contributed by atoms with van der Waals surface area (Å²) in [6.45, 7) is 2.80. The van der Waals surface area contributed by atoms with E-state index < -0.39 is 0 Å². The van der Waals surface area contributed by atoms with Crippen molar-refractivity contribution in [3.8, 4) is 6.07 Å². The number of nitrogens with zero attached hydrogens (tertiary/aromatic N) is 2. The molecule has 0 heterocycles. The van der Waals surface area contributed by atoms with Crippen LogP contribution in [0.1, 0.15) is 38.2 Å². The van der Waals surface area contributed by atoms with Gasteiger partial charge in [-0.25, -0.2) is 0 Å². The van der Waals surface area contributed by atoms with Crippen LogP contribution in [0.15, 0.2) is 29.8 Å². The Balaban J connectivity index is 2.06. The summed E-state index contributed by atoms with van der Waals surface area (Å²) in [7, 11) is 1.90. The van der Waals surface area contributed by atoms with E-state index in [1.54, 1.807) is 6.08 Å². The number of aliphatic hydroxyl groups is 1. The highest BCUT2D eigenvalue weighted by molar-refractivity contribution is 6.01. The SMILES string of the molecule is C[C@H]1CCCC[C@@H]1NC(=O)/C(C#N)=C/c1ccc(N(C)CCO)cc1. The van der Waals surface area contributed by atoms with E-state index in [9.17, 15) is 10.1 Å². The molecule has 25 heavy (non-hydrogen) atoms. The maximum absolute atomic E-state index is 12.4. The molecule has 0 spiro atoms. The third kappa shape index (κ3) is 5.33. The fourth-order valence-corrected chi connectivity index (χ4v) is 3.20. The average molecular weight is 341 g/mol.